The summed E-state index contributed by atoms with van der Waals surface area (Å²) in [6.07, 6.45) is 0. The van der Waals surface area contributed by atoms with Gasteiger partial charge in [-0.3, -0.25) is 9.97 Å². The van der Waals surface area contributed by atoms with Crippen LogP contribution in [-0.4, -0.2) is 9.97 Å². The summed E-state index contributed by atoms with van der Waals surface area (Å²) in [5.41, 5.74) is 18.9. The molecule has 3 aliphatic carbocycles. The number of hydrogen-bond acceptors (Lipinski definition) is 2. The van der Waals surface area contributed by atoms with Crippen molar-refractivity contribution in [2.45, 2.75) is 42.4 Å². The number of hydrogen-bond donors (Lipinski definition) is 0. The molecule has 3 aliphatic rings. The predicted octanol–water partition coefficient (Wildman–Crippen LogP) is 14.5. The standard InChI is InChI=1S/C65H46N2.Pt/c1-62(2,3)45-41-60(64(44-25-8-5-9-26-44)54-35-18-12-29-48(54)49-30-13-19-36-55(49)64)67-61(42-45)65(56-37-20-14-31-50(56)51-32-15-21-38-57(51)65)59-40-22-39-58(66-59)63(43-23-6-4-7-24-43)52-33-16-10-27-46(52)47-28-11-17-34-53(47)63;/h4-23,25,27-42H,1-3H3;/q-2;+2. The number of benzene rings is 8. The molecule has 0 radical (unpaired) electrons. The fourth-order valence-corrected chi connectivity index (χ4v) is 12.2. The second-order valence-corrected chi connectivity index (χ2v) is 19.4. The van der Waals surface area contributed by atoms with E-state index < -0.39 is 16.2 Å². The van der Waals surface area contributed by atoms with E-state index in [-0.39, 0.29) is 26.5 Å². The molecule has 10 aromatic rings. The number of fused-ring (bicyclic) bond motifs is 9. The van der Waals surface area contributed by atoms with Crippen LogP contribution in [0, 0.1) is 12.1 Å². The Hall–Kier alpha value is -7.25. The van der Waals surface area contributed by atoms with Crippen molar-refractivity contribution < 1.29 is 21.1 Å². The van der Waals surface area contributed by atoms with Crippen LogP contribution in [0.4, 0.5) is 0 Å². The van der Waals surface area contributed by atoms with E-state index in [1.165, 1.54) is 72.3 Å². The fourth-order valence-electron chi connectivity index (χ4n) is 12.2. The first-order valence-electron chi connectivity index (χ1n) is 23.4. The maximum absolute atomic E-state index is 6.21. The van der Waals surface area contributed by atoms with Crippen LogP contribution >= 0.6 is 0 Å². The SMILES string of the molecule is CC(C)(C)c1cc(C2(c3[c-]cccc3)c3ccccc3-c3ccccc32)nc(C2(c3cccc(C4(c5[c-]cccc5)c5ccccc5-c5ccccc54)n3)c3ccccc3-c3ccccc32)c1.[Pt+2]. The Morgan fingerprint density at radius 3 is 0.971 bits per heavy atom. The molecule has 0 unspecified atom stereocenters. The fraction of sp³-hybridized carbons (Fsp3) is 0.108. The molecule has 3 heteroatoms. The molecule has 2 aromatic heterocycles. The largest absolute Gasteiger partial charge is 2.00 e. The molecule has 68 heavy (non-hydrogen) atoms. The van der Waals surface area contributed by atoms with Crippen molar-refractivity contribution in [2.24, 2.45) is 0 Å². The van der Waals surface area contributed by atoms with Crippen LogP contribution in [0.2, 0.25) is 0 Å². The zero-order chi connectivity index (χ0) is 45.0. The molecule has 2 nitrogen and oxygen atoms in total. The summed E-state index contributed by atoms with van der Waals surface area (Å²) in [7, 11) is 0. The molecular weight excluding hydrogens is 1000 g/mol. The van der Waals surface area contributed by atoms with E-state index in [0.29, 0.717) is 0 Å². The van der Waals surface area contributed by atoms with Crippen molar-refractivity contribution >= 4 is 0 Å². The first-order valence-corrected chi connectivity index (χ1v) is 23.4. The smallest absolute Gasteiger partial charge is 0.255 e. The third-order valence-corrected chi connectivity index (χ3v) is 15.1. The minimum atomic E-state index is -0.919. The monoisotopic (exact) mass is 1050 g/mol. The van der Waals surface area contributed by atoms with Gasteiger partial charge in [0.1, 0.15) is 5.41 Å². The van der Waals surface area contributed by atoms with Crippen molar-refractivity contribution in [3.8, 4) is 33.4 Å². The maximum Gasteiger partial charge on any atom is 2.00 e. The third kappa shape index (κ3) is 5.62. The van der Waals surface area contributed by atoms with Gasteiger partial charge in [0.2, 0.25) is 0 Å². The minimum absolute atomic E-state index is 0. The molecule has 8 aromatic carbocycles. The van der Waals surface area contributed by atoms with Crippen molar-refractivity contribution in [1.29, 1.82) is 0 Å². The van der Waals surface area contributed by atoms with Crippen LogP contribution in [0.1, 0.15) is 93.6 Å². The van der Waals surface area contributed by atoms with Crippen LogP contribution in [0.15, 0.2) is 224 Å². The molecule has 0 spiro atoms. The summed E-state index contributed by atoms with van der Waals surface area (Å²) < 4.78 is 0. The van der Waals surface area contributed by atoms with E-state index >= 15 is 0 Å². The minimum Gasteiger partial charge on any atom is -0.255 e. The second-order valence-electron chi connectivity index (χ2n) is 19.4. The van der Waals surface area contributed by atoms with Crippen molar-refractivity contribution in [3.05, 3.63) is 309 Å². The topological polar surface area (TPSA) is 25.8 Å². The molecule has 13 rings (SSSR count). The van der Waals surface area contributed by atoms with E-state index in [2.05, 4.69) is 251 Å². The van der Waals surface area contributed by atoms with Gasteiger partial charge in [-0.05, 0) is 102 Å². The van der Waals surface area contributed by atoms with Gasteiger partial charge in [-0.15, -0.1) is 11.1 Å². The van der Waals surface area contributed by atoms with Gasteiger partial charge in [0.05, 0.1) is 33.6 Å². The van der Waals surface area contributed by atoms with Crippen LogP contribution in [0.5, 0.6) is 0 Å². The van der Waals surface area contributed by atoms with E-state index in [9.17, 15) is 0 Å². The van der Waals surface area contributed by atoms with Gasteiger partial charge in [-0.25, -0.2) is 0 Å². The molecule has 0 N–H and O–H groups in total. The first kappa shape index (κ1) is 42.1. The van der Waals surface area contributed by atoms with Gasteiger partial charge >= 0.3 is 21.1 Å². The second kappa shape index (κ2) is 15.7. The average molecular weight is 1050 g/mol. The van der Waals surface area contributed by atoms with Gasteiger partial charge in [-0.1, -0.05) is 172 Å². The summed E-state index contributed by atoms with van der Waals surface area (Å²) in [5, 5.41) is 0. The summed E-state index contributed by atoms with van der Waals surface area (Å²) in [6.45, 7) is 6.97. The quantitative estimate of drug-likeness (QED) is 0.155. The van der Waals surface area contributed by atoms with Crippen LogP contribution in [0.3, 0.4) is 0 Å². The Labute approximate surface area is 413 Å². The Balaban J connectivity index is 0.00000480. The maximum atomic E-state index is 6.21. The molecule has 0 bridgehead atoms. The van der Waals surface area contributed by atoms with Crippen molar-refractivity contribution in [1.82, 2.24) is 9.97 Å². The Morgan fingerprint density at radius 2 is 0.618 bits per heavy atom. The zero-order valence-electron chi connectivity index (χ0n) is 38.1. The summed E-state index contributed by atoms with van der Waals surface area (Å²) >= 11 is 0. The summed E-state index contributed by atoms with van der Waals surface area (Å²) in [5.74, 6) is 0. The van der Waals surface area contributed by atoms with E-state index in [1.54, 1.807) is 0 Å². The molecule has 2 heterocycles. The summed E-state index contributed by atoms with van der Waals surface area (Å²) in [6, 6.07) is 89.4. The molecule has 0 aliphatic heterocycles. The predicted molar refractivity (Wildman–Crippen MR) is 270 cm³/mol. The number of aromatic nitrogens is 2. The van der Waals surface area contributed by atoms with Crippen LogP contribution in [-0.2, 0) is 42.7 Å². The number of rotatable bonds is 6. The molecule has 0 amide bonds. The summed E-state index contributed by atoms with van der Waals surface area (Å²) in [4.78, 5) is 12.3. The Bertz CT molecular complexity index is 3450. The van der Waals surface area contributed by atoms with E-state index in [0.717, 1.165) is 33.9 Å². The molecule has 0 atom stereocenters. The van der Waals surface area contributed by atoms with E-state index in [1.807, 2.05) is 6.07 Å². The average Bonchev–Trinajstić information content (AvgIpc) is 3.98. The molecular formula is C65H46N2Pt. The van der Waals surface area contributed by atoms with Gasteiger partial charge < -0.3 is 0 Å². The van der Waals surface area contributed by atoms with Crippen molar-refractivity contribution in [3.63, 3.8) is 0 Å². The van der Waals surface area contributed by atoms with Gasteiger partial charge in [0.15, 0.2) is 0 Å². The molecule has 326 valence electrons. The van der Waals surface area contributed by atoms with E-state index in [4.69, 9.17) is 9.97 Å². The number of nitrogens with zero attached hydrogens (tertiary/aromatic N) is 2. The third-order valence-electron chi connectivity index (χ3n) is 15.1. The molecule has 0 saturated heterocycles. The zero-order valence-corrected chi connectivity index (χ0v) is 40.3. The van der Waals surface area contributed by atoms with Gasteiger partial charge in [0.25, 0.3) is 0 Å². The normalized spacial score (nSPS) is 14.9. The van der Waals surface area contributed by atoms with Gasteiger partial charge in [0, 0.05) is 0 Å². The molecule has 0 fully saturated rings. The van der Waals surface area contributed by atoms with Crippen LogP contribution in [0.25, 0.3) is 33.4 Å². The van der Waals surface area contributed by atoms with Gasteiger partial charge in [-0.2, -0.15) is 60.7 Å². The Kier molecular flexibility index (Phi) is 9.70. The molecule has 0 saturated carbocycles. The first-order chi connectivity index (χ1) is 32.9. The van der Waals surface area contributed by atoms with Crippen LogP contribution < -0.4 is 0 Å². The Morgan fingerprint density at radius 1 is 0.324 bits per heavy atom. The van der Waals surface area contributed by atoms with Crippen molar-refractivity contribution in [2.75, 3.05) is 0 Å². The number of pyridine rings is 2.